The van der Waals surface area contributed by atoms with Crippen LogP contribution in [0.5, 0.6) is 5.75 Å². The molecule has 0 bridgehead atoms. The Morgan fingerprint density at radius 3 is 2.42 bits per heavy atom. The molecule has 2 aromatic carbocycles. The lowest BCUT2D eigenvalue weighted by molar-refractivity contribution is 0.103. The van der Waals surface area contributed by atoms with Gasteiger partial charge in [0, 0.05) is 32.1 Å². The number of hydrogen-bond donors (Lipinski definition) is 1. The van der Waals surface area contributed by atoms with Crippen LogP contribution >= 0.6 is 35.8 Å². The topological polar surface area (TPSA) is 47.4 Å². The average molecular weight is 506 g/mol. The van der Waals surface area contributed by atoms with Crippen molar-refractivity contribution in [2.45, 2.75) is 25.1 Å². The number of aromatic nitrogens is 2. The number of rotatable bonds is 8. The first-order valence-electron chi connectivity index (χ1n) is 10.4. The van der Waals surface area contributed by atoms with Crippen molar-refractivity contribution in [3.8, 4) is 5.75 Å². The van der Waals surface area contributed by atoms with Crippen molar-refractivity contribution in [1.82, 2.24) is 14.5 Å². The molecule has 0 saturated heterocycles. The Bertz CT molecular complexity index is 1040. The molecule has 176 valence electrons. The molecule has 0 amide bonds. The lowest BCUT2D eigenvalue weighted by atomic mass is 10.0. The van der Waals surface area contributed by atoms with Gasteiger partial charge in [-0.15, -0.1) is 0 Å². The number of methoxy groups -OCH3 is 1. The van der Waals surface area contributed by atoms with Gasteiger partial charge in [0.05, 0.1) is 35.7 Å². The minimum Gasteiger partial charge on any atom is -0.497 e. The van der Waals surface area contributed by atoms with E-state index in [1.54, 1.807) is 31.9 Å². The van der Waals surface area contributed by atoms with Gasteiger partial charge in [-0.3, -0.25) is 4.79 Å². The third-order valence-electron chi connectivity index (χ3n) is 4.84. The molecule has 1 atom stereocenters. The standard InChI is InChI=1S/C17H19Cl2N3O.C8H10OS/c1-4-15(12-5-6-13(18)14(19)9-12)22-11-20-10-16(22)17(23)7-8-21(2)3;1-9-8-4-2-7(6-10)3-5-8/h5-11,15H,4H2,1-3H3;2-5,10H,6H2,1H3/b8-7+;. The highest BCUT2D eigenvalue weighted by Gasteiger charge is 2.18. The first kappa shape index (κ1) is 26.8. The van der Waals surface area contributed by atoms with Crippen LogP contribution in [0.25, 0.3) is 0 Å². The molecule has 0 saturated carbocycles. The Balaban J connectivity index is 0.000000321. The zero-order valence-electron chi connectivity index (χ0n) is 19.2. The van der Waals surface area contributed by atoms with Crippen molar-refractivity contribution < 1.29 is 9.53 Å². The molecule has 5 nitrogen and oxygen atoms in total. The van der Waals surface area contributed by atoms with E-state index in [0.717, 1.165) is 23.5 Å². The van der Waals surface area contributed by atoms with Crippen LogP contribution in [0.2, 0.25) is 10.0 Å². The van der Waals surface area contributed by atoms with E-state index in [4.69, 9.17) is 27.9 Å². The van der Waals surface area contributed by atoms with Crippen LogP contribution in [0.4, 0.5) is 0 Å². The van der Waals surface area contributed by atoms with E-state index in [-0.39, 0.29) is 11.8 Å². The van der Waals surface area contributed by atoms with Gasteiger partial charge in [-0.1, -0.05) is 48.3 Å². The molecule has 0 radical (unpaired) electrons. The lowest BCUT2D eigenvalue weighted by Gasteiger charge is -2.19. The number of thiol groups is 1. The summed E-state index contributed by atoms with van der Waals surface area (Å²) in [5.74, 6) is 1.59. The van der Waals surface area contributed by atoms with Gasteiger partial charge in [-0.2, -0.15) is 12.6 Å². The molecule has 0 aliphatic heterocycles. The summed E-state index contributed by atoms with van der Waals surface area (Å²) in [7, 11) is 5.40. The summed E-state index contributed by atoms with van der Waals surface area (Å²) in [6.45, 7) is 2.05. The Morgan fingerprint density at radius 1 is 1.18 bits per heavy atom. The summed E-state index contributed by atoms with van der Waals surface area (Å²) >= 11 is 16.2. The van der Waals surface area contributed by atoms with Crippen LogP contribution < -0.4 is 4.74 Å². The summed E-state index contributed by atoms with van der Waals surface area (Å²) in [5.41, 5.74) is 2.75. The number of halogens is 2. The van der Waals surface area contributed by atoms with Gasteiger partial charge in [0.1, 0.15) is 11.4 Å². The first-order chi connectivity index (χ1) is 15.8. The lowest BCUT2D eigenvalue weighted by Crippen LogP contribution is -2.15. The SMILES string of the molecule is CCC(c1ccc(Cl)c(Cl)c1)n1cncc1C(=O)/C=C/N(C)C.COc1ccc(CS)cc1. The maximum absolute atomic E-state index is 12.4. The Morgan fingerprint density at radius 2 is 1.88 bits per heavy atom. The van der Waals surface area contributed by atoms with Gasteiger partial charge in [0.2, 0.25) is 5.78 Å². The summed E-state index contributed by atoms with van der Waals surface area (Å²) < 4.78 is 6.87. The van der Waals surface area contributed by atoms with Crippen LogP contribution in [-0.4, -0.2) is 41.4 Å². The van der Waals surface area contributed by atoms with E-state index in [1.165, 1.54) is 11.6 Å². The maximum Gasteiger partial charge on any atom is 0.205 e. The molecular formula is C25H29Cl2N3O2S. The molecule has 3 aromatic rings. The quantitative estimate of drug-likeness (QED) is 0.213. The Kier molecular flexibility index (Phi) is 10.8. The van der Waals surface area contributed by atoms with E-state index in [9.17, 15) is 4.79 Å². The predicted octanol–water partition coefficient (Wildman–Crippen LogP) is 6.57. The third kappa shape index (κ3) is 7.84. The van der Waals surface area contributed by atoms with Crippen LogP contribution in [0.15, 0.2) is 67.3 Å². The molecule has 0 N–H and O–H groups in total. The summed E-state index contributed by atoms with van der Waals surface area (Å²) in [5, 5.41) is 1.02. The van der Waals surface area contributed by atoms with E-state index in [1.807, 2.05) is 60.0 Å². The van der Waals surface area contributed by atoms with E-state index < -0.39 is 0 Å². The second-order valence-electron chi connectivity index (χ2n) is 7.43. The number of carbonyl (C=O) groups excluding carboxylic acids is 1. The van der Waals surface area contributed by atoms with Gasteiger partial charge in [0.25, 0.3) is 0 Å². The van der Waals surface area contributed by atoms with E-state index in [2.05, 4.69) is 24.5 Å². The Labute approximate surface area is 211 Å². The third-order valence-corrected chi connectivity index (χ3v) is 5.94. The fourth-order valence-electron chi connectivity index (χ4n) is 3.09. The molecule has 1 heterocycles. The highest BCUT2D eigenvalue weighted by Crippen LogP contribution is 2.30. The number of ketones is 1. The fourth-order valence-corrected chi connectivity index (χ4v) is 3.61. The van der Waals surface area contributed by atoms with Crippen molar-refractivity contribution >= 4 is 41.6 Å². The predicted molar refractivity (Wildman–Crippen MR) is 140 cm³/mol. The minimum atomic E-state index is -0.0882. The highest BCUT2D eigenvalue weighted by molar-refractivity contribution is 7.79. The Hall–Kier alpha value is -2.41. The molecule has 0 aliphatic rings. The van der Waals surface area contributed by atoms with Crippen molar-refractivity contribution in [2.75, 3.05) is 21.2 Å². The zero-order chi connectivity index (χ0) is 24.4. The van der Waals surface area contributed by atoms with Crippen LogP contribution in [0.1, 0.15) is 41.0 Å². The molecule has 0 fully saturated rings. The van der Waals surface area contributed by atoms with Crippen LogP contribution in [0.3, 0.4) is 0 Å². The molecule has 8 heteroatoms. The number of carbonyl (C=O) groups is 1. The summed E-state index contributed by atoms with van der Waals surface area (Å²) in [6.07, 6.45) is 7.32. The van der Waals surface area contributed by atoms with Gasteiger partial charge in [-0.05, 0) is 41.8 Å². The van der Waals surface area contributed by atoms with Gasteiger partial charge in [-0.25, -0.2) is 4.98 Å². The smallest absolute Gasteiger partial charge is 0.205 e. The number of benzene rings is 2. The van der Waals surface area contributed by atoms with Gasteiger partial charge < -0.3 is 14.2 Å². The zero-order valence-corrected chi connectivity index (χ0v) is 21.6. The number of ether oxygens (including phenoxy) is 1. The van der Waals surface area contributed by atoms with Gasteiger partial charge in [0.15, 0.2) is 0 Å². The average Bonchev–Trinajstić information content (AvgIpc) is 3.30. The summed E-state index contributed by atoms with van der Waals surface area (Å²) in [4.78, 5) is 18.3. The molecular weight excluding hydrogens is 477 g/mol. The number of imidazole rings is 1. The molecule has 0 spiro atoms. The normalized spacial score (nSPS) is 11.6. The molecule has 3 rings (SSSR count). The molecule has 1 unspecified atom stereocenters. The second kappa shape index (κ2) is 13.3. The van der Waals surface area contributed by atoms with E-state index >= 15 is 0 Å². The van der Waals surface area contributed by atoms with Gasteiger partial charge >= 0.3 is 0 Å². The highest BCUT2D eigenvalue weighted by atomic mass is 35.5. The molecule has 1 aromatic heterocycles. The minimum absolute atomic E-state index is 0.0287. The molecule has 0 aliphatic carbocycles. The monoisotopic (exact) mass is 505 g/mol. The van der Waals surface area contributed by atoms with Crippen molar-refractivity contribution in [3.63, 3.8) is 0 Å². The second-order valence-corrected chi connectivity index (χ2v) is 8.56. The number of nitrogens with zero attached hydrogens (tertiary/aromatic N) is 3. The fraction of sp³-hybridized carbons (Fsp3) is 0.280. The first-order valence-corrected chi connectivity index (χ1v) is 11.8. The van der Waals surface area contributed by atoms with Crippen LogP contribution in [-0.2, 0) is 5.75 Å². The van der Waals surface area contributed by atoms with E-state index in [0.29, 0.717) is 15.7 Å². The van der Waals surface area contributed by atoms with Crippen molar-refractivity contribution in [3.05, 3.63) is 94.1 Å². The van der Waals surface area contributed by atoms with Crippen LogP contribution in [0, 0.1) is 0 Å². The number of hydrogen-bond acceptors (Lipinski definition) is 5. The van der Waals surface area contributed by atoms with Crippen molar-refractivity contribution in [1.29, 1.82) is 0 Å². The largest absolute Gasteiger partial charge is 0.497 e. The van der Waals surface area contributed by atoms with Crippen molar-refractivity contribution in [2.24, 2.45) is 0 Å². The maximum atomic E-state index is 12.4. The number of allylic oxidation sites excluding steroid dienone is 1. The molecule has 33 heavy (non-hydrogen) atoms. The summed E-state index contributed by atoms with van der Waals surface area (Å²) in [6, 6.07) is 13.4.